The van der Waals surface area contributed by atoms with Crippen LogP contribution >= 0.6 is 23.2 Å². The molecule has 6 nitrogen and oxygen atoms in total. The van der Waals surface area contributed by atoms with Crippen LogP contribution in [0.15, 0.2) is 23.3 Å². The molecule has 0 aliphatic heterocycles. The van der Waals surface area contributed by atoms with Gasteiger partial charge in [0.1, 0.15) is 5.75 Å². The fourth-order valence-corrected chi connectivity index (χ4v) is 2.04. The molecule has 2 atom stereocenters. The Hall–Kier alpha value is -1.79. The summed E-state index contributed by atoms with van der Waals surface area (Å²) in [4.78, 5) is 23.6. The maximum atomic E-state index is 12.0. The van der Waals surface area contributed by atoms with E-state index in [9.17, 15) is 9.59 Å². The molecule has 132 valence electrons. The standard InChI is InChI=1S/C16H20Cl2N2O4/c1-5-23-16(22)9(2)10(3)19-20-15(21)11(4)24-14-7-6-12(17)8-13(14)18/h6-9,11H,5H2,1-4H3,(H,20,21). The van der Waals surface area contributed by atoms with E-state index in [1.807, 2.05) is 0 Å². The van der Waals surface area contributed by atoms with Crippen molar-refractivity contribution in [2.75, 3.05) is 6.61 Å². The predicted octanol–water partition coefficient (Wildman–Crippen LogP) is 3.45. The number of amides is 1. The number of benzene rings is 1. The highest BCUT2D eigenvalue weighted by molar-refractivity contribution is 6.35. The van der Waals surface area contributed by atoms with E-state index in [0.29, 0.717) is 21.5 Å². The van der Waals surface area contributed by atoms with Gasteiger partial charge >= 0.3 is 5.97 Å². The number of nitrogens with zero attached hydrogens (tertiary/aromatic N) is 1. The molecule has 0 aliphatic carbocycles. The summed E-state index contributed by atoms with van der Waals surface area (Å²) in [5.74, 6) is -1.09. The third kappa shape index (κ3) is 6.02. The number of rotatable bonds is 7. The number of esters is 1. The topological polar surface area (TPSA) is 77.0 Å². The molecular formula is C16H20Cl2N2O4. The maximum absolute atomic E-state index is 12.0. The summed E-state index contributed by atoms with van der Waals surface area (Å²) in [7, 11) is 0. The Morgan fingerprint density at radius 2 is 1.96 bits per heavy atom. The van der Waals surface area contributed by atoms with E-state index in [1.165, 1.54) is 6.07 Å². The summed E-state index contributed by atoms with van der Waals surface area (Å²) in [5, 5.41) is 4.68. The van der Waals surface area contributed by atoms with Crippen molar-refractivity contribution in [3.05, 3.63) is 28.2 Å². The van der Waals surface area contributed by atoms with Crippen LogP contribution in [0.3, 0.4) is 0 Å². The third-order valence-corrected chi connectivity index (χ3v) is 3.71. The quantitative estimate of drug-likeness (QED) is 0.450. The van der Waals surface area contributed by atoms with Crippen LogP contribution in [0.1, 0.15) is 27.7 Å². The third-order valence-electron chi connectivity index (χ3n) is 3.18. The van der Waals surface area contributed by atoms with Crippen LogP contribution in [-0.4, -0.2) is 30.3 Å². The monoisotopic (exact) mass is 374 g/mol. The second-order valence-corrected chi connectivity index (χ2v) is 5.88. The van der Waals surface area contributed by atoms with Crippen molar-refractivity contribution < 1.29 is 19.1 Å². The molecule has 1 N–H and O–H groups in total. The van der Waals surface area contributed by atoms with Gasteiger partial charge in [-0.3, -0.25) is 9.59 Å². The van der Waals surface area contributed by atoms with Crippen LogP contribution < -0.4 is 10.2 Å². The minimum Gasteiger partial charge on any atom is -0.479 e. The number of ether oxygens (including phenoxy) is 2. The molecule has 2 unspecified atom stereocenters. The van der Waals surface area contributed by atoms with Crippen molar-refractivity contribution in [3.8, 4) is 5.75 Å². The zero-order valence-electron chi connectivity index (χ0n) is 13.9. The van der Waals surface area contributed by atoms with E-state index in [-0.39, 0.29) is 6.61 Å². The normalized spacial score (nSPS) is 13.8. The minimum absolute atomic E-state index is 0.287. The van der Waals surface area contributed by atoms with Gasteiger partial charge in [-0.1, -0.05) is 23.2 Å². The second-order valence-electron chi connectivity index (χ2n) is 5.04. The molecule has 1 aromatic carbocycles. The Morgan fingerprint density at radius 1 is 1.29 bits per heavy atom. The summed E-state index contributed by atoms with van der Waals surface area (Å²) in [5.41, 5.74) is 2.79. The second kappa shape index (κ2) is 9.49. The molecular weight excluding hydrogens is 355 g/mol. The van der Waals surface area contributed by atoms with Crippen molar-refractivity contribution in [2.24, 2.45) is 11.0 Å². The van der Waals surface area contributed by atoms with Gasteiger partial charge in [0, 0.05) is 10.7 Å². The Kier molecular flexibility index (Phi) is 8.01. The van der Waals surface area contributed by atoms with Gasteiger partial charge in [0.15, 0.2) is 6.10 Å². The van der Waals surface area contributed by atoms with E-state index >= 15 is 0 Å². The van der Waals surface area contributed by atoms with Crippen LogP contribution in [0.4, 0.5) is 0 Å². The van der Waals surface area contributed by atoms with Crippen LogP contribution in [0.2, 0.25) is 10.0 Å². The van der Waals surface area contributed by atoms with E-state index in [1.54, 1.807) is 39.8 Å². The average molecular weight is 375 g/mol. The summed E-state index contributed by atoms with van der Waals surface area (Å²) in [6.07, 6.45) is -0.835. The highest BCUT2D eigenvalue weighted by atomic mass is 35.5. The van der Waals surface area contributed by atoms with E-state index in [2.05, 4.69) is 10.5 Å². The van der Waals surface area contributed by atoms with Gasteiger partial charge in [-0.15, -0.1) is 0 Å². The number of halogens is 2. The Labute approximate surface area is 151 Å². The molecule has 8 heteroatoms. The van der Waals surface area contributed by atoms with Crippen LogP contribution in [0.5, 0.6) is 5.75 Å². The molecule has 0 aromatic heterocycles. The molecule has 1 aromatic rings. The first-order valence-corrected chi connectivity index (χ1v) is 8.14. The summed E-state index contributed by atoms with van der Waals surface area (Å²) >= 11 is 11.8. The number of hydrazone groups is 1. The highest BCUT2D eigenvalue weighted by Crippen LogP contribution is 2.28. The molecule has 1 rings (SSSR count). The molecule has 0 fully saturated rings. The SMILES string of the molecule is CCOC(=O)C(C)C(C)=NNC(=O)C(C)Oc1ccc(Cl)cc1Cl. The zero-order chi connectivity index (χ0) is 18.3. The molecule has 0 spiro atoms. The smallest absolute Gasteiger partial charge is 0.314 e. The first kappa shape index (κ1) is 20.3. The highest BCUT2D eigenvalue weighted by Gasteiger charge is 2.19. The van der Waals surface area contributed by atoms with E-state index < -0.39 is 23.9 Å². The summed E-state index contributed by atoms with van der Waals surface area (Å²) < 4.78 is 10.4. The lowest BCUT2D eigenvalue weighted by molar-refractivity contribution is -0.145. The Bertz CT molecular complexity index is 635. The summed E-state index contributed by atoms with van der Waals surface area (Å²) in [6.45, 7) is 6.84. The lowest BCUT2D eigenvalue weighted by atomic mass is 10.1. The molecule has 0 radical (unpaired) electrons. The largest absolute Gasteiger partial charge is 0.479 e. The first-order chi connectivity index (χ1) is 11.3. The fourth-order valence-electron chi connectivity index (χ4n) is 1.58. The lowest BCUT2D eigenvalue weighted by Gasteiger charge is -2.15. The van der Waals surface area contributed by atoms with Crippen molar-refractivity contribution in [1.29, 1.82) is 0 Å². The van der Waals surface area contributed by atoms with Crippen LogP contribution in [0, 0.1) is 5.92 Å². The van der Waals surface area contributed by atoms with Crippen LogP contribution in [0.25, 0.3) is 0 Å². The molecule has 24 heavy (non-hydrogen) atoms. The average Bonchev–Trinajstić information content (AvgIpc) is 2.54. The van der Waals surface area contributed by atoms with Crippen molar-refractivity contribution >= 4 is 40.8 Å². The number of carbonyl (C=O) groups excluding carboxylic acids is 2. The van der Waals surface area contributed by atoms with Gasteiger partial charge in [-0.25, -0.2) is 5.43 Å². The number of nitrogens with one attached hydrogen (secondary N) is 1. The molecule has 0 saturated heterocycles. The number of hydrogen-bond donors (Lipinski definition) is 1. The van der Waals surface area contributed by atoms with Crippen LogP contribution in [-0.2, 0) is 14.3 Å². The minimum atomic E-state index is -0.835. The van der Waals surface area contributed by atoms with Gasteiger partial charge in [0.25, 0.3) is 5.91 Å². The fraction of sp³-hybridized carbons (Fsp3) is 0.438. The Morgan fingerprint density at radius 3 is 2.54 bits per heavy atom. The maximum Gasteiger partial charge on any atom is 0.314 e. The van der Waals surface area contributed by atoms with Crippen molar-refractivity contribution in [1.82, 2.24) is 5.43 Å². The van der Waals surface area contributed by atoms with Gasteiger partial charge in [0.2, 0.25) is 0 Å². The summed E-state index contributed by atoms with van der Waals surface area (Å²) in [6, 6.07) is 4.70. The molecule has 0 aliphatic rings. The van der Waals surface area contributed by atoms with Gasteiger partial charge < -0.3 is 9.47 Å². The molecule has 0 heterocycles. The van der Waals surface area contributed by atoms with Gasteiger partial charge in [-0.2, -0.15) is 5.10 Å². The number of hydrogen-bond acceptors (Lipinski definition) is 5. The number of carbonyl (C=O) groups is 2. The van der Waals surface area contributed by atoms with Crippen molar-refractivity contribution in [2.45, 2.75) is 33.8 Å². The van der Waals surface area contributed by atoms with E-state index in [0.717, 1.165) is 0 Å². The molecule has 0 bridgehead atoms. The van der Waals surface area contributed by atoms with E-state index in [4.69, 9.17) is 32.7 Å². The lowest BCUT2D eigenvalue weighted by Crippen LogP contribution is -2.35. The van der Waals surface area contributed by atoms with Crippen molar-refractivity contribution in [3.63, 3.8) is 0 Å². The first-order valence-electron chi connectivity index (χ1n) is 7.38. The molecule has 0 saturated carbocycles. The Balaban J connectivity index is 2.63. The van der Waals surface area contributed by atoms with Gasteiger partial charge in [0.05, 0.1) is 17.5 Å². The van der Waals surface area contributed by atoms with Gasteiger partial charge in [-0.05, 0) is 45.9 Å². The zero-order valence-corrected chi connectivity index (χ0v) is 15.4. The molecule has 1 amide bonds. The predicted molar refractivity (Wildman–Crippen MR) is 93.6 cm³/mol.